The van der Waals surface area contributed by atoms with Gasteiger partial charge in [0, 0.05) is 55.8 Å². The average Bonchev–Trinajstić information content (AvgIpc) is 3.41. The Hall–Kier alpha value is -3.68. The van der Waals surface area contributed by atoms with Gasteiger partial charge in [-0.25, -0.2) is 14.4 Å². The largest absolute Gasteiger partial charge is 0.361 e. The van der Waals surface area contributed by atoms with Crippen LogP contribution in [0.4, 0.5) is 4.39 Å². The van der Waals surface area contributed by atoms with Gasteiger partial charge in [0.1, 0.15) is 18.0 Å². The summed E-state index contributed by atoms with van der Waals surface area (Å²) in [6.07, 6.45) is 9.76. The maximum atomic E-state index is 13.5. The van der Waals surface area contributed by atoms with E-state index in [1.54, 1.807) is 37.9 Å². The highest BCUT2D eigenvalue weighted by Crippen LogP contribution is 2.19. The normalized spacial score (nSPS) is 11.7. The molecule has 0 saturated heterocycles. The molecule has 148 valence electrons. The Morgan fingerprint density at radius 3 is 2.97 bits per heavy atom. The van der Waals surface area contributed by atoms with Crippen molar-refractivity contribution in [2.75, 3.05) is 13.6 Å². The molecule has 0 radical (unpaired) electrons. The third kappa shape index (κ3) is 4.43. The van der Waals surface area contributed by atoms with E-state index in [1.165, 1.54) is 6.07 Å². The molecule has 1 aromatic carbocycles. The van der Waals surface area contributed by atoms with Gasteiger partial charge in [-0.1, -0.05) is 0 Å². The van der Waals surface area contributed by atoms with Crippen molar-refractivity contribution in [3.8, 4) is 5.82 Å². The number of fused-ring (bicyclic) bond motifs is 1. The second-order valence-corrected chi connectivity index (χ2v) is 6.60. The van der Waals surface area contributed by atoms with Crippen molar-refractivity contribution < 1.29 is 4.39 Å². The van der Waals surface area contributed by atoms with Crippen LogP contribution in [0.3, 0.4) is 0 Å². The summed E-state index contributed by atoms with van der Waals surface area (Å²) >= 11 is 0. The number of guanidine groups is 1. The van der Waals surface area contributed by atoms with Crippen LogP contribution in [0.5, 0.6) is 0 Å². The van der Waals surface area contributed by atoms with Gasteiger partial charge in [0.2, 0.25) is 0 Å². The molecule has 7 nitrogen and oxygen atoms in total. The van der Waals surface area contributed by atoms with Gasteiger partial charge in [0.05, 0.1) is 0 Å². The Balaban J connectivity index is 1.32. The van der Waals surface area contributed by atoms with Crippen molar-refractivity contribution >= 4 is 16.9 Å². The molecule has 0 atom stereocenters. The number of pyridine rings is 1. The Labute approximate surface area is 167 Å². The van der Waals surface area contributed by atoms with Crippen molar-refractivity contribution in [2.45, 2.75) is 13.0 Å². The van der Waals surface area contributed by atoms with Crippen LogP contribution in [-0.4, -0.2) is 39.1 Å². The van der Waals surface area contributed by atoms with E-state index in [4.69, 9.17) is 0 Å². The number of aromatic amines is 1. The van der Waals surface area contributed by atoms with E-state index < -0.39 is 0 Å². The minimum atomic E-state index is -0.226. The van der Waals surface area contributed by atoms with Gasteiger partial charge in [-0.2, -0.15) is 0 Å². The van der Waals surface area contributed by atoms with Gasteiger partial charge >= 0.3 is 0 Å². The number of rotatable bonds is 6. The van der Waals surface area contributed by atoms with Gasteiger partial charge in [-0.05, 0) is 47.9 Å². The van der Waals surface area contributed by atoms with Crippen molar-refractivity contribution in [1.29, 1.82) is 0 Å². The first-order valence-electron chi connectivity index (χ1n) is 9.36. The molecule has 0 aliphatic carbocycles. The molecule has 0 fully saturated rings. The summed E-state index contributed by atoms with van der Waals surface area (Å²) in [7, 11) is 1.74. The van der Waals surface area contributed by atoms with Crippen LogP contribution in [0.2, 0.25) is 0 Å². The zero-order valence-electron chi connectivity index (χ0n) is 16.1. The summed E-state index contributed by atoms with van der Waals surface area (Å²) in [5.74, 6) is 1.30. The van der Waals surface area contributed by atoms with Gasteiger partial charge in [-0.3, -0.25) is 9.56 Å². The Bertz CT molecular complexity index is 1120. The summed E-state index contributed by atoms with van der Waals surface area (Å²) in [5, 5.41) is 7.52. The molecule has 0 aliphatic heterocycles. The van der Waals surface area contributed by atoms with Crippen molar-refractivity contribution in [1.82, 2.24) is 30.2 Å². The lowest BCUT2D eigenvalue weighted by Gasteiger charge is -2.12. The van der Waals surface area contributed by atoms with Crippen LogP contribution in [0, 0.1) is 5.82 Å². The smallest absolute Gasteiger partial charge is 0.191 e. The number of H-pyrrole nitrogens is 1. The summed E-state index contributed by atoms with van der Waals surface area (Å²) < 4.78 is 15.4. The molecule has 29 heavy (non-hydrogen) atoms. The number of hydrogen-bond donors (Lipinski definition) is 3. The second kappa shape index (κ2) is 8.55. The molecule has 8 heteroatoms. The third-order valence-electron chi connectivity index (χ3n) is 4.68. The number of halogens is 1. The third-order valence-corrected chi connectivity index (χ3v) is 4.68. The summed E-state index contributed by atoms with van der Waals surface area (Å²) in [6, 6.07) is 8.75. The number of hydrogen-bond acceptors (Lipinski definition) is 3. The molecule has 4 rings (SSSR count). The van der Waals surface area contributed by atoms with Gasteiger partial charge in [0.25, 0.3) is 0 Å². The van der Waals surface area contributed by atoms with Crippen molar-refractivity contribution in [3.05, 3.63) is 78.4 Å². The SMILES string of the molecule is CN=C(NCCc1c[nH]c2ccc(F)cc12)NCc1ccnc(-n2ccnc2)c1. The highest BCUT2D eigenvalue weighted by atomic mass is 19.1. The minimum absolute atomic E-state index is 0.226. The van der Waals surface area contributed by atoms with E-state index >= 15 is 0 Å². The topological polar surface area (TPSA) is 82.9 Å². The molecule has 0 amide bonds. The molecular formula is C21H22FN7. The number of aliphatic imine (C=N–C) groups is 1. The highest BCUT2D eigenvalue weighted by molar-refractivity contribution is 5.83. The fraction of sp³-hybridized carbons (Fsp3) is 0.190. The van der Waals surface area contributed by atoms with Crippen molar-refractivity contribution in [3.63, 3.8) is 0 Å². The van der Waals surface area contributed by atoms with E-state index in [2.05, 4.69) is 30.6 Å². The van der Waals surface area contributed by atoms with E-state index in [0.717, 1.165) is 34.3 Å². The maximum absolute atomic E-state index is 13.5. The minimum Gasteiger partial charge on any atom is -0.361 e. The zero-order valence-corrected chi connectivity index (χ0v) is 16.1. The molecule has 0 bridgehead atoms. The molecule has 0 saturated carbocycles. The van der Waals surface area contributed by atoms with Crippen LogP contribution >= 0.6 is 0 Å². The highest BCUT2D eigenvalue weighted by Gasteiger charge is 2.06. The molecule has 0 unspecified atom stereocenters. The van der Waals surface area contributed by atoms with Crippen LogP contribution < -0.4 is 10.6 Å². The van der Waals surface area contributed by atoms with Gasteiger partial charge in [-0.15, -0.1) is 0 Å². The number of nitrogens with zero attached hydrogens (tertiary/aromatic N) is 4. The average molecular weight is 391 g/mol. The van der Waals surface area contributed by atoms with Crippen molar-refractivity contribution in [2.24, 2.45) is 4.99 Å². The Morgan fingerprint density at radius 1 is 1.21 bits per heavy atom. The van der Waals surface area contributed by atoms with Gasteiger partial charge in [0.15, 0.2) is 5.96 Å². The number of nitrogens with one attached hydrogen (secondary N) is 3. The van der Waals surface area contributed by atoms with Crippen LogP contribution in [0.1, 0.15) is 11.1 Å². The fourth-order valence-corrected chi connectivity index (χ4v) is 3.19. The molecule has 3 N–H and O–H groups in total. The monoisotopic (exact) mass is 391 g/mol. The number of benzene rings is 1. The van der Waals surface area contributed by atoms with E-state index in [0.29, 0.717) is 19.0 Å². The lowest BCUT2D eigenvalue weighted by molar-refractivity contribution is 0.629. The molecule has 0 spiro atoms. The Kier molecular flexibility index (Phi) is 5.51. The first kappa shape index (κ1) is 18.7. The molecule has 0 aliphatic rings. The Morgan fingerprint density at radius 2 is 2.14 bits per heavy atom. The summed E-state index contributed by atoms with van der Waals surface area (Å²) in [5.41, 5.74) is 3.09. The van der Waals surface area contributed by atoms with E-state index in [1.807, 2.05) is 29.1 Å². The molecule has 3 heterocycles. The zero-order chi connectivity index (χ0) is 20.1. The molecule has 3 aromatic heterocycles. The fourth-order valence-electron chi connectivity index (χ4n) is 3.19. The predicted molar refractivity (Wildman–Crippen MR) is 112 cm³/mol. The van der Waals surface area contributed by atoms with Gasteiger partial charge < -0.3 is 15.6 Å². The molecule has 4 aromatic rings. The number of aromatic nitrogens is 4. The standard InChI is InChI=1S/C21H22FN7/c1-23-21(26-7-5-16-13-27-19-3-2-17(22)11-18(16)19)28-12-15-4-6-25-20(10-15)29-9-8-24-14-29/h2-4,6,8-11,13-14,27H,5,7,12H2,1H3,(H2,23,26,28). The van der Waals surface area contributed by atoms with E-state index in [9.17, 15) is 4.39 Å². The lowest BCUT2D eigenvalue weighted by atomic mass is 10.1. The first-order chi connectivity index (χ1) is 14.2. The number of imidazole rings is 1. The van der Waals surface area contributed by atoms with Crippen LogP contribution in [-0.2, 0) is 13.0 Å². The summed E-state index contributed by atoms with van der Waals surface area (Å²) in [6.45, 7) is 1.29. The quantitative estimate of drug-likeness (QED) is 0.349. The lowest BCUT2D eigenvalue weighted by Crippen LogP contribution is -2.37. The second-order valence-electron chi connectivity index (χ2n) is 6.60. The van der Waals surface area contributed by atoms with E-state index in [-0.39, 0.29) is 5.82 Å². The van der Waals surface area contributed by atoms with Crippen LogP contribution in [0.15, 0.2) is 66.4 Å². The summed E-state index contributed by atoms with van der Waals surface area (Å²) in [4.78, 5) is 15.9. The molecular weight excluding hydrogens is 369 g/mol. The predicted octanol–water partition coefficient (Wildman–Crippen LogP) is 2.80. The van der Waals surface area contributed by atoms with Crippen LogP contribution in [0.25, 0.3) is 16.7 Å². The maximum Gasteiger partial charge on any atom is 0.191 e. The first-order valence-corrected chi connectivity index (χ1v) is 9.36.